The van der Waals surface area contributed by atoms with Crippen molar-refractivity contribution >= 4 is 11.8 Å². The van der Waals surface area contributed by atoms with E-state index in [0.717, 1.165) is 27.7 Å². The van der Waals surface area contributed by atoms with Crippen molar-refractivity contribution in [1.82, 2.24) is 15.0 Å². The van der Waals surface area contributed by atoms with E-state index in [1.165, 1.54) is 23.9 Å². The summed E-state index contributed by atoms with van der Waals surface area (Å²) in [6.07, 6.45) is 1.95. The first-order chi connectivity index (χ1) is 14.6. The molecular formula is C21H20FN3O4S. The zero-order valence-electron chi connectivity index (χ0n) is 16.1. The molecule has 0 radical (unpaired) electrons. The first-order valence-electron chi connectivity index (χ1n) is 9.56. The number of hydrogen-bond donors (Lipinski definition) is 2. The second kappa shape index (κ2) is 7.99. The van der Waals surface area contributed by atoms with Gasteiger partial charge in [0.1, 0.15) is 24.1 Å². The summed E-state index contributed by atoms with van der Waals surface area (Å²) in [4.78, 5) is 12.3. The van der Waals surface area contributed by atoms with E-state index in [-0.39, 0.29) is 30.7 Å². The molecule has 156 valence electrons. The van der Waals surface area contributed by atoms with Crippen LogP contribution in [0.5, 0.6) is 5.88 Å². The number of benzene rings is 1. The molecule has 2 aromatic heterocycles. The van der Waals surface area contributed by atoms with Crippen LogP contribution in [0.3, 0.4) is 0 Å². The number of pyridine rings is 1. The third-order valence-electron chi connectivity index (χ3n) is 5.27. The number of thioether (sulfide) groups is 1. The van der Waals surface area contributed by atoms with Gasteiger partial charge in [-0.3, -0.25) is 0 Å². The second-order valence-electron chi connectivity index (χ2n) is 7.18. The molecule has 4 atom stereocenters. The van der Waals surface area contributed by atoms with Gasteiger partial charge in [0.25, 0.3) is 0 Å². The number of imidazole rings is 1. The molecule has 5 rings (SSSR count). The maximum absolute atomic E-state index is 13.4. The van der Waals surface area contributed by atoms with Crippen LogP contribution in [0.4, 0.5) is 4.39 Å². The molecule has 0 aliphatic carbocycles. The van der Waals surface area contributed by atoms with Gasteiger partial charge in [-0.25, -0.2) is 14.4 Å². The molecule has 2 fully saturated rings. The van der Waals surface area contributed by atoms with E-state index in [0.29, 0.717) is 12.5 Å². The number of aliphatic hydroxyl groups is 1. The summed E-state index contributed by atoms with van der Waals surface area (Å²) < 4.78 is 30.6. The Bertz CT molecular complexity index is 1040. The predicted molar refractivity (Wildman–Crippen MR) is 109 cm³/mol. The highest BCUT2D eigenvalue weighted by Crippen LogP contribution is 2.34. The average molecular weight is 429 g/mol. The van der Waals surface area contributed by atoms with Crippen LogP contribution in [0, 0.1) is 5.82 Å². The maximum atomic E-state index is 13.4. The van der Waals surface area contributed by atoms with Gasteiger partial charge in [0.2, 0.25) is 5.88 Å². The van der Waals surface area contributed by atoms with Gasteiger partial charge >= 0.3 is 0 Å². The Hall–Kier alpha value is -2.46. The van der Waals surface area contributed by atoms with Gasteiger partial charge in [-0.05, 0) is 36.6 Å². The molecule has 3 aromatic rings. The highest BCUT2D eigenvalue weighted by Gasteiger charge is 2.48. The number of hydrogen-bond acceptors (Lipinski definition) is 7. The Labute approximate surface area is 176 Å². The van der Waals surface area contributed by atoms with Gasteiger partial charge in [-0.1, -0.05) is 11.8 Å². The number of H-pyrrole nitrogens is 1. The van der Waals surface area contributed by atoms with Crippen molar-refractivity contribution in [3.05, 3.63) is 48.4 Å². The van der Waals surface area contributed by atoms with Crippen LogP contribution in [0.15, 0.2) is 47.8 Å². The summed E-state index contributed by atoms with van der Waals surface area (Å²) in [5, 5.41) is 10.7. The highest BCUT2D eigenvalue weighted by atomic mass is 32.2. The topological polar surface area (TPSA) is 89.5 Å². The van der Waals surface area contributed by atoms with Crippen molar-refractivity contribution in [2.75, 3.05) is 19.5 Å². The lowest BCUT2D eigenvalue weighted by molar-refractivity contribution is 0.00781. The standard InChI is InChI=1S/C21H20FN3O4S/c1-30-21-24-17(11-2-4-13(22)5-3-11)18(25-21)12-6-7-23-16(8-12)29-15-10-28-19-14(26)9-27-20(15)19/h2-8,14-15,19-20,26H,9-10H2,1H3,(H,24,25). The molecule has 2 aliphatic heterocycles. The number of rotatable bonds is 5. The number of aliphatic hydroxyl groups excluding tert-OH is 1. The molecule has 2 saturated heterocycles. The zero-order valence-corrected chi connectivity index (χ0v) is 16.9. The van der Waals surface area contributed by atoms with Crippen LogP contribution < -0.4 is 4.74 Å². The summed E-state index contributed by atoms with van der Waals surface area (Å²) in [6, 6.07) is 9.94. The fourth-order valence-corrected chi connectivity index (χ4v) is 4.19. The third-order valence-corrected chi connectivity index (χ3v) is 5.85. The lowest BCUT2D eigenvalue weighted by atomic mass is 10.1. The van der Waals surface area contributed by atoms with Gasteiger partial charge in [0.05, 0.1) is 24.6 Å². The second-order valence-corrected chi connectivity index (χ2v) is 7.97. The number of nitrogens with zero attached hydrogens (tertiary/aromatic N) is 2. The lowest BCUT2D eigenvalue weighted by Gasteiger charge is -2.17. The largest absolute Gasteiger partial charge is 0.469 e. The fraction of sp³-hybridized carbons (Fsp3) is 0.333. The van der Waals surface area contributed by atoms with E-state index in [4.69, 9.17) is 14.2 Å². The summed E-state index contributed by atoms with van der Waals surface area (Å²) in [5.41, 5.74) is 3.17. The first kappa shape index (κ1) is 19.5. The molecule has 30 heavy (non-hydrogen) atoms. The van der Waals surface area contributed by atoms with E-state index in [9.17, 15) is 9.50 Å². The van der Waals surface area contributed by atoms with Crippen LogP contribution in [0.2, 0.25) is 0 Å². The van der Waals surface area contributed by atoms with Crippen molar-refractivity contribution in [3.63, 3.8) is 0 Å². The SMILES string of the molecule is CSc1nc(-c2ccnc(OC3COC4C(O)COC34)c2)c(-c2ccc(F)cc2)[nH]1. The van der Waals surface area contributed by atoms with Crippen LogP contribution in [0.25, 0.3) is 22.5 Å². The van der Waals surface area contributed by atoms with Crippen LogP contribution in [0.1, 0.15) is 0 Å². The van der Waals surface area contributed by atoms with Crippen molar-refractivity contribution in [1.29, 1.82) is 0 Å². The van der Waals surface area contributed by atoms with Crippen molar-refractivity contribution in [2.45, 2.75) is 29.6 Å². The monoisotopic (exact) mass is 429 g/mol. The smallest absolute Gasteiger partial charge is 0.214 e. The molecule has 2 aliphatic rings. The summed E-state index contributed by atoms with van der Waals surface area (Å²) in [5.74, 6) is 0.131. The fourth-order valence-electron chi connectivity index (χ4n) is 3.80. The Morgan fingerprint density at radius 3 is 2.73 bits per heavy atom. The van der Waals surface area contributed by atoms with E-state index in [2.05, 4.69) is 15.0 Å². The molecule has 0 saturated carbocycles. The molecular weight excluding hydrogens is 409 g/mol. The number of halogens is 1. The van der Waals surface area contributed by atoms with E-state index in [1.54, 1.807) is 18.3 Å². The molecule has 4 heterocycles. The van der Waals surface area contributed by atoms with Gasteiger partial charge in [0.15, 0.2) is 11.3 Å². The van der Waals surface area contributed by atoms with Crippen LogP contribution in [-0.4, -0.2) is 63.9 Å². The van der Waals surface area contributed by atoms with Crippen LogP contribution >= 0.6 is 11.8 Å². The number of nitrogens with one attached hydrogen (secondary N) is 1. The molecule has 4 unspecified atom stereocenters. The number of fused-ring (bicyclic) bond motifs is 1. The average Bonchev–Trinajstić information content (AvgIpc) is 3.46. The number of aromatic amines is 1. The lowest BCUT2D eigenvalue weighted by Crippen LogP contribution is -2.34. The molecule has 0 spiro atoms. The van der Waals surface area contributed by atoms with Gasteiger partial charge in [0, 0.05) is 23.4 Å². The number of aromatic nitrogens is 3. The van der Waals surface area contributed by atoms with Gasteiger partial charge < -0.3 is 24.3 Å². The Kier molecular flexibility index (Phi) is 5.20. The van der Waals surface area contributed by atoms with Gasteiger partial charge in [-0.15, -0.1) is 0 Å². The van der Waals surface area contributed by atoms with Crippen molar-refractivity contribution in [3.8, 4) is 28.4 Å². The van der Waals surface area contributed by atoms with E-state index in [1.807, 2.05) is 18.4 Å². The molecule has 9 heteroatoms. The zero-order chi connectivity index (χ0) is 20.7. The number of ether oxygens (including phenoxy) is 3. The Morgan fingerprint density at radius 2 is 1.93 bits per heavy atom. The summed E-state index contributed by atoms with van der Waals surface area (Å²) in [7, 11) is 0. The minimum absolute atomic E-state index is 0.244. The Balaban J connectivity index is 1.44. The highest BCUT2D eigenvalue weighted by molar-refractivity contribution is 7.98. The minimum Gasteiger partial charge on any atom is -0.469 e. The van der Waals surface area contributed by atoms with Crippen molar-refractivity contribution < 1.29 is 23.7 Å². The predicted octanol–water partition coefficient (Wildman–Crippen LogP) is 2.91. The maximum Gasteiger partial charge on any atom is 0.214 e. The molecule has 2 N–H and O–H groups in total. The molecule has 0 amide bonds. The quantitative estimate of drug-likeness (QED) is 0.603. The molecule has 0 bridgehead atoms. The van der Waals surface area contributed by atoms with Gasteiger partial charge in [-0.2, -0.15) is 0 Å². The third kappa shape index (κ3) is 3.58. The Morgan fingerprint density at radius 1 is 1.13 bits per heavy atom. The summed E-state index contributed by atoms with van der Waals surface area (Å²) in [6.45, 7) is 0.576. The normalized spacial score (nSPS) is 25.4. The minimum atomic E-state index is -0.629. The van der Waals surface area contributed by atoms with Crippen LogP contribution in [-0.2, 0) is 9.47 Å². The summed E-state index contributed by atoms with van der Waals surface area (Å²) >= 11 is 1.49. The van der Waals surface area contributed by atoms with Crippen molar-refractivity contribution in [2.24, 2.45) is 0 Å². The molecule has 7 nitrogen and oxygen atoms in total. The molecule has 1 aromatic carbocycles. The van der Waals surface area contributed by atoms with E-state index < -0.39 is 6.10 Å². The van der Waals surface area contributed by atoms with E-state index >= 15 is 0 Å². The first-order valence-corrected chi connectivity index (χ1v) is 10.8.